The number of carbonyl (C=O) groups excluding carboxylic acids is 1. The van der Waals surface area contributed by atoms with Crippen molar-refractivity contribution < 1.29 is 9.53 Å². The molecule has 1 heterocycles. The molecule has 1 fully saturated rings. The van der Waals surface area contributed by atoms with Crippen LogP contribution in [0.4, 0.5) is 0 Å². The zero-order valence-corrected chi connectivity index (χ0v) is 13.8. The topological polar surface area (TPSA) is 62.4 Å². The molecule has 1 aliphatic heterocycles. The standard InChI is InChI=1S/C16H24ClN3O2/c1-3-14-11(2)15(20-19-14)16(21)18-8-9-22-10-12-4-6-13(17)7-5-12/h4-7,11,14-15,19-20H,3,8-10H2,1-2H3,(H,18,21). The molecular weight excluding hydrogens is 302 g/mol. The molecule has 22 heavy (non-hydrogen) atoms. The number of hydrazine groups is 1. The minimum atomic E-state index is -0.179. The molecule has 3 unspecified atom stereocenters. The van der Waals surface area contributed by atoms with Crippen molar-refractivity contribution in [3.8, 4) is 0 Å². The first-order valence-electron chi connectivity index (χ1n) is 7.72. The molecule has 0 aromatic heterocycles. The summed E-state index contributed by atoms with van der Waals surface area (Å²) < 4.78 is 5.55. The largest absolute Gasteiger partial charge is 0.375 e. The lowest BCUT2D eigenvalue weighted by molar-refractivity contribution is -0.123. The van der Waals surface area contributed by atoms with Crippen molar-refractivity contribution in [3.05, 3.63) is 34.9 Å². The van der Waals surface area contributed by atoms with Crippen LogP contribution in [0.2, 0.25) is 5.02 Å². The van der Waals surface area contributed by atoms with Gasteiger partial charge >= 0.3 is 0 Å². The second kappa shape index (κ2) is 8.48. The molecule has 3 N–H and O–H groups in total. The van der Waals surface area contributed by atoms with Gasteiger partial charge in [0.2, 0.25) is 5.91 Å². The monoisotopic (exact) mass is 325 g/mol. The number of carbonyl (C=O) groups is 1. The maximum absolute atomic E-state index is 12.1. The lowest BCUT2D eigenvalue weighted by Gasteiger charge is -2.17. The first-order valence-corrected chi connectivity index (χ1v) is 8.10. The summed E-state index contributed by atoms with van der Waals surface area (Å²) in [5.41, 5.74) is 7.29. The Morgan fingerprint density at radius 1 is 1.32 bits per heavy atom. The number of ether oxygens (including phenoxy) is 1. The summed E-state index contributed by atoms with van der Waals surface area (Å²) >= 11 is 5.83. The average molecular weight is 326 g/mol. The lowest BCUT2D eigenvalue weighted by atomic mass is 9.94. The molecule has 1 saturated heterocycles. The molecule has 0 radical (unpaired) electrons. The quantitative estimate of drug-likeness (QED) is 0.670. The van der Waals surface area contributed by atoms with Gasteiger partial charge in [-0.25, -0.2) is 5.43 Å². The lowest BCUT2D eigenvalue weighted by Crippen LogP contribution is -2.46. The second-order valence-electron chi connectivity index (χ2n) is 5.61. The van der Waals surface area contributed by atoms with Gasteiger partial charge in [0.25, 0.3) is 0 Å². The average Bonchev–Trinajstić information content (AvgIpc) is 2.89. The fourth-order valence-corrected chi connectivity index (χ4v) is 2.72. The molecule has 0 spiro atoms. The molecule has 1 aromatic carbocycles. The predicted octanol–water partition coefficient (Wildman–Crippen LogP) is 1.86. The van der Waals surface area contributed by atoms with E-state index in [-0.39, 0.29) is 17.9 Å². The van der Waals surface area contributed by atoms with Crippen LogP contribution in [0, 0.1) is 5.92 Å². The van der Waals surface area contributed by atoms with E-state index in [0.717, 1.165) is 12.0 Å². The van der Waals surface area contributed by atoms with E-state index in [0.29, 0.717) is 30.8 Å². The van der Waals surface area contributed by atoms with Gasteiger partial charge in [-0.15, -0.1) is 0 Å². The van der Waals surface area contributed by atoms with Gasteiger partial charge < -0.3 is 10.1 Å². The van der Waals surface area contributed by atoms with E-state index in [9.17, 15) is 4.79 Å². The van der Waals surface area contributed by atoms with E-state index in [2.05, 4.69) is 30.0 Å². The highest BCUT2D eigenvalue weighted by atomic mass is 35.5. The van der Waals surface area contributed by atoms with Crippen molar-refractivity contribution in [1.82, 2.24) is 16.2 Å². The zero-order valence-electron chi connectivity index (χ0n) is 13.1. The number of benzene rings is 1. The van der Waals surface area contributed by atoms with Gasteiger partial charge in [0, 0.05) is 17.6 Å². The number of hydrogen-bond donors (Lipinski definition) is 3. The Balaban J connectivity index is 1.62. The molecule has 122 valence electrons. The van der Waals surface area contributed by atoms with Crippen LogP contribution in [-0.2, 0) is 16.1 Å². The first kappa shape index (κ1) is 17.2. The van der Waals surface area contributed by atoms with Crippen LogP contribution >= 0.6 is 11.6 Å². The van der Waals surface area contributed by atoms with Crippen molar-refractivity contribution in [3.63, 3.8) is 0 Å². The molecule has 1 aromatic rings. The third kappa shape index (κ3) is 4.68. The van der Waals surface area contributed by atoms with Gasteiger partial charge in [-0.05, 0) is 30.0 Å². The molecule has 1 amide bonds. The van der Waals surface area contributed by atoms with E-state index in [1.807, 2.05) is 24.3 Å². The fourth-order valence-electron chi connectivity index (χ4n) is 2.60. The summed E-state index contributed by atoms with van der Waals surface area (Å²) in [5, 5.41) is 3.62. The molecule has 2 rings (SSSR count). The minimum Gasteiger partial charge on any atom is -0.375 e. The van der Waals surface area contributed by atoms with Crippen molar-refractivity contribution in [2.45, 2.75) is 39.0 Å². The Hall–Kier alpha value is -1.14. The summed E-state index contributed by atoms with van der Waals surface area (Å²) in [6, 6.07) is 7.71. The number of nitrogens with one attached hydrogen (secondary N) is 3. The summed E-state index contributed by atoms with van der Waals surface area (Å²) in [7, 11) is 0. The number of rotatable bonds is 7. The van der Waals surface area contributed by atoms with Crippen molar-refractivity contribution in [2.24, 2.45) is 5.92 Å². The van der Waals surface area contributed by atoms with Gasteiger partial charge in [-0.3, -0.25) is 10.2 Å². The highest BCUT2D eigenvalue weighted by Crippen LogP contribution is 2.16. The van der Waals surface area contributed by atoms with E-state index in [1.165, 1.54) is 0 Å². The van der Waals surface area contributed by atoms with Gasteiger partial charge in [-0.2, -0.15) is 0 Å². The van der Waals surface area contributed by atoms with Gasteiger partial charge in [-0.1, -0.05) is 37.6 Å². The molecule has 0 aliphatic carbocycles. The zero-order chi connectivity index (χ0) is 15.9. The smallest absolute Gasteiger partial charge is 0.238 e. The number of amides is 1. The molecule has 0 bridgehead atoms. The van der Waals surface area contributed by atoms with E-state index in [1.54, 1.807) is 0 Å². The maximum atomic E-state index is 12.1. The third-order valence-corrected chi connectivity index (χ3v) is 4.29. The van der Waals surface area contributed by atoms with E-state index in [4.69, 9.17) is 16.3 Å². The third-order valence-electron chi connectivity index (χ3n) is 4.03. The van der Waals surface area contributed by atoms with Crippen LogP contribution < -0.4 is 16.2 Å². The van der Waals surface area contributed by atoms with Gasteiger partial charge in [0.1, 0.15) is 6.04 Å². The van der Waals surface area contributed by atoms with Crippen LogP contribution in [0.3, 0.4) is 0 Å². The Labute approximate surface area is 136 Å². The van der Waals surface area contributed by atoms with Crippen molar-refractivity contribution in [2.75, 3.05) is 13.2 Å². The minimum absolute atomic E-state index is 0.0195. The Kier molecular flexibility index (Phi) is 6.64. The molecule has 5 nitrogen and oxygen atoms in total. The van der Waals surface area contributed by atoms with E-state index < -0.39 is 0 Å². The Morgan fingerprint density at radius 3 is 2.68 bits per heavy atom. The van der Waals surface area contributed by atoms with Crippen LogP contribution in [0.25, 0.3) is 0 Å². The summed E-state index contributed by atoms with van der Waals surface area (Å²) in [4.78, 5) is 12.1. The summed E-state index contributed by atoms with van der Waals surface area (Å²) in [5.74, 6) is 0.297. The maximum Gasteiger partial charge on any atom is 0.238 e. The van der Waals surface area contributed by atoms with Crippen LogP contribution in [-0.4, -0.2) is 31.1 Å². The van der Waals surface area contributed by atoms with Crippen molar-refractivity contribution in [1.29, 1.82) is 0 Å². The van der Waals surface area contributed by atoms with Crippen molar-refractivity contribution >= 4 is 17.5 Å². The van der Waals surface area contributed by atoms with Crippen LogP contribution in [0.5, 0.6) is 0 Å². The highest BCUT2D eigenvalue weighted by Gasteiger charge is 2.35. The SMILES string of the molecule is CCC1NNC(C(=O)NCCOCc2ccc(Cl)cc2)C1C. The molecule has 0 saturated carbocycles. The van der Waals surface area contributed by atoms with E-state index >= 15 is 0 Å². The van der Waals surface area contributed by atoms with Gasteiger partial charge in [0.15, 0.2) is 0 Å². The molecule has 3 atom stereocenters. The molecule has 6 heteroatoms. The highest BCUT2D eigenvalue weighted by molar-refractivity contribution is 6.30. The Morgan fingerprint density at radius 2 is 2.05 bits per heavy atom. The van der Waals surface area contributed by atoms with Gasteiger partial charge in [0.05, 0.1) is 13.2 Å². The molecule has 1 aliphatic rings. The summed E-state index contributed by atoms with van der Waals surface area (Å²) in [6.45, 7) is 5.71. The van der Waals surface area contributed by atoms with Crippen LogP contribution in [0.15, 0.2) is 24.3 Å². The van der Waals surface area contributed by atoms with Crippen LogP contribution in [0.1, 0.15) is 25.8 Å². The normalized spacial score (nSPS) is 24.4. The Bertz CT molecular complexity index is 481. The fraction of sp³-hybridized carbons (Fsp3) is 0.562. The summed E-state index contributed by atoms with van der Waals surface area (Å²) in [6.07, 6.45) is 1.00. The first-order chi connectivity index (χ1) is 10.6. The predicted molar refractivity (Wildman–Crippen MR) is 87.4 cm³/mol. The number of hydrogen-bond acceptors (Lipinski definition) is 4. The number of halogens is 1. The molecular formula is C16H24ClN3O2. The second-order valence-corrected chi connectivity index (χ2v) is 6.05.